The molecule has 24 heavy (non-hydrogen) atoms. The van der Waals surface area contributed by atoms with E-state index in [2.05, 4.69) is 15.5 Å². The molecule has 0 saturated heterocycles. The molecule has 0 atom stereocenters. The van der Waals surface area contributed by atoms with Gasteiger partial charge in [-0.1, -0.05) is 29.8 Å². The Morgan fingerprint density at radius 1 is 1.29 bits per heavy atom. The molecule has 1 aromatic carbocycles. The van der Waals surface area contributed by atoms with Crippen molar-refractivity contribution in [3.05, 3.63) is 69.8 Å². The summed E-state index contributed by atoms with van der Waals surface area (Å²) in [5.74, 6) is 0. The number of thiocarbonyl (C=S) groups is 1. The second kappa shape index (κ2) is 6.77. The summed E-state index contributed by atoms with van der Waals surface area (Å²) < 4.78 is 2.93. The van der Waals surface area contributed by atoms with Gasteiger partial charge in [-0.3, -0.25) is 14.8 Å². The van der Waals surface area contributed by atoms with Crippen LogP contribution in [0, 0.1) is 10.1 Å². The van der Waals surface area contributed by atoms with Crippen molar-refractivity contribution in [2.45, 2.75) is 6.54 Å². The van der Waals surface area contributed by atoms with Crippen LogP contribution in [0.25, 0.3) is 0 Å². The summed E-state index contributed by atoms with van der Waals surface area (Å²) in [6.07, 6.45) is 5.73. The fraction of sp³-hybridized carbons (Fsp3) is 0.0714. The minimum absolute atomic E-state index is 0.131. The van der Waals surface area contributed by atoms with Gasteiger partial charge in [0, 0.05) is 11.2 Å². The normalized spacial score (nSPS) is 10.5. The van der Waals surface area contributed by atoms with E-state index in [0.717, 1.165) is 11.8 Å². The Kier molecular flexibility index (Phi) is 4.54. The summed E-state index contributed by atoms with van der Waals surface area (Å²) in [5.41, 5.74) is 1.46. The standard InChI is InChI=1S/C14H11ClN6O2S/c15-13-4-2-1-3-10(13)7-19-8-11(5-16-19)18-14(24)20-9-12(6-17-20)21(22)23/h1-6,8-9H,7H2,(H,18,24). The van der Waals surface area contributed by atoms with Gasteiger partial charge in [-0.25, -0.2) is 4.68 Å². The lowest BCUT2D eigenvalue weighted by Crippen LogP contribution is -2.19. The molecule has 3 rings (SSSR count). The van der Waals surface area contributed by atoms with Crippen LogP contribution in [0.15, 0.2) is 49.1 Å². The molecule has 0 spiro atoms. The topological polar surface area (TPSA) is 90.8 Å². The highest BCUT2D eigenvalue weighted by Crippen LogP contribution is 2.17. The van der Waals surface area contributed by atoms with E-state index in [1.165, 1.54) is 10.9 Å². The van der Waals surface area contributed by atoms with Crippen LogP contribution in [-0.4, -0.2) is 29.6 Å². The number of nitrogens with one attached hydrogen (secondary N) is 1. The van der Waals surface area contributed by atoms with Crippen LogP contribution in [0.3, 0.4) is 0 Å². The predicted molar refractivity (Wildman–Crippen MR) is 93.3 cm³/mol. The molecule has 0 saturated carbocycles. The Labute approximate surface area is 146 Å². The van der Waals surface area contributed by atoms with Crippen molar-refractivity contribution in [2.24, 2.45) is 0 Å². The molecule has 0 bridgehead atoms. The van der Waals surface area contributed by atoms with Gasteiger partial charge in [-0.05, 0) is 23.8 Å². The zero-order chi connectivity index (χ0) is 17.1. The number of halogens is 1. The maximum Gasteiger partial charge on any atom is 0.307 e. The molecular formula is C14H11ClN6O2S. The van der Waals surface area contributed by atoms with Crippen LogP contribution >= 0.6 is 23.8 Å². The zero-order valence-electron chi connectivity index (χ0n) is 12.2. The highest BCUT2D eigenvalue weighted by atomic mass is 35.5. The first kappa shape index (κ1) is 16.1. The molecule has 3 aromatic rings. The maximum absolute atomic E-state index is 10.7. The molecule has 10 heteroatoms. The van der Waals surface area contributed by atoms with E-state index < -0.39 is 4.92 Å². The van der Waals surface area contributed by atoms with Gasteiger partial charge in [-0.2, -0.15) is 10.2 Å². The van der Waals surface area contributed by atoms with Crippen molar-refractivity contribution in [3.8, 4) is 0 Å². The minimum atomic E-state index is -0.534. The van der Waals surface area contributed by atoms with Gasteiger partial charge in [-0.15, -0.1) is 0 Å². The third kappa shape index (κ3) is 3.58. The first-order valence-electron chi connectivity index (χ1n) is 6.79. The largest absolute Gasteiger partial charge is 0.328 e. The second-order valence-corrected chi connectivity index (χ2v) is 5.64. The van der Waals surface area contributed by atoms with Crippen LogP contribution in [0.2, 0.25) is 5.02 Å². The number of nitrogens with zero attached hydrogens (tertiary/aromatic N) is 5. The summed E-state index contributed by atoms with van der Waals surface area (Å²) in [5, 5.41) is 22.5. The molecule has 8 nitrogen and oxygen atoms in total. The monoisotopic (exact) mass is 362 g/mol. The third-order valence-corrected chi connectivity index (χ3v) is 3.82. The number of hydrogen-bond acceptors (Lipinski definition) is 5. The van der Waals surface area contributed by atoms with Crippen molar-refractivity contribution in [1.29, 1.82) is 0 Å². The number of aromatic nitrogens is 4. The van der Waals surface area contributed by atoms with Crippen LogP contribution in [-0.2, 0) is 6.54 Å². The fourth-order valence-corrected chi connectivity index (χ4v) is 2.43. The van der Waals surface area contributed by atoms with Gasteiger partial charge < -0.3 is 5.32 Å². The van der Waals surface area contributed by atoms with Gasteiger partial charge in [0.1, 0.15) is 12.4 Å². The van der Waals surface area contributed by atoms with Crippen molar-refractivity contribution in [1.82, 2.24) is 19.6 Å². The van der Waals surface area contributed by atoms with Crippen LogP contribution < -0.4 is 5.32 Å². The summed E-state index contributed by atoms with van der Waals surface area (Å²) in [6, 6.07) is 7.51. The number of hydrogen-bond donors (Lipinski definition) is 1. The van der Waals surface area contributed by atoms with E-state index in [1.54, 1.807) is 17.1 Å². The number of benzene rings is 1. The zero-order valence-corrected chi connectivity index (χ0v) is 13.7. The minimum Gasteiger partial charge on any atom is -0.328 e. The van der Waals surface area contributed by atoms with Crippen molar-refractivity contribution in [3.63, 3.8) is 0 Å². The van der Waals surface area contributed by atoms with Crippen molar-refractivity contribution >= 4 is 40.3 Å². The van der Waals surface area contributed by atoms with E-state index in [1.807, 2.05) is 24.3 Å². The van der Waals surface area contributed by atoms with Crippen molar-refractivity contribution in [2.75, 3.05) is 5.32 Å². The van der Waals surface area contributed by atoms with E-state index >= 15 is 0 Å². The number of anilines is 1. The second-order valence-electron chi connectivity index (χ2n) is 4.85. The molecular weight excluding hydrogens is 352 g/mol. The van der Waals surface area contributed by atoms with Gasteiger partial charge in [0.15, 0.2) is 5.11 Å². The van der Waals surface area contributed by atoms with Gasteiger partial charge in [0.25, 0.3) is 0 Å². The molecule has 0 aliphatic heterocycles. The Balaban J connectivity index is 1.68. The number of nitro groups is 1. The Hall–Kier alpha value is -2.78. The van der Waals surface area contributed by atoms with E-state index in [-0.39, 0.29) is 10.8 Å². The molecule has 0 aliphatic rings. The maximum atomic E-state index is 10.7. The fourth-order valence-electron chi connectivity index (χ4n) is 2.02. The molecule has 1 N–H and O–H groups in total. The predicted octanol–water partition coefficient (Wildman–Crippen LogP) is 2.93. The first-order valence-corrected chi connectivity index (χ1v) is 7.58. The molecule has 0 unspecified atom stereocenters. The van der Waals surface area contributed by atoms with Crippen LogP contribution in [0.5, 0.6) is 0 Å². The van der Waals surface area contributed by atoms with Gasteiger partial charge in [0.05, 0.1) is 23.4 Å². The summed E-state index contributed by atoms with van der Waals surface area (Å²) in [6.45, 7) is 0.515. The van der Waals surface area contributed by atoms with E-state index in [0.29, 0.717) is 17.3 Å². The highest BCUT2D eigenvalue weighted by Gasteiger charge is 2.12. The Morgan fingerprint density at radius 2 is 2.08 bits per heavy atom. The lowest BCUT2D eigenvalue weighted by molar-refractivity contribution is -0.384. The molecule has 0 amide bonds. The molecule has 122 valence electrons. The first-order chi connectivity index (χ1) is 11.5. The Morgan fingerprint density at radius 3 is 2.79 bits per heavy atom. The Bertz CT molecular complexity index is 906. The highest BCUT2D eigenvalue weighted by molar-refractivity contribution is 7.80. The van der Waals surface area contributed by atoms with Gasteiger partial charge in [0.2, 0.25) is 0 Å². The molecule has 2 aromatic heterocycles. The van der Waals surface area contributed by atoms with E-state index in [4.69, 9.17) is 23.8 Å². The SMILES string of the molecule is O=[N+]([O-])c1cnn(C(=S)Nc2cnn(Cc3ccccc3Cl)c2)c1. The summed E-state index contributed by atoms with van der Waals surface area (Å²) >= 11 is 11.3. The summed E-state index contributed by atoms with van der Waals surface area (Å²) in [4.78, 5) is 10.1. The van der Waals surface area contributed by atoms with Crippen LogP contribution in [0.1, 0.15) is 5.56 Å². The summed E-state index contributed by atoms with van der Waals surface area (Å²) in [7, 11) is 0. The number of rotatable bonds is 4. The molecule has 0 radical (unpaired) electrons. The molecule has 0 fully saturated rings. The van der Waals surface area contributed by atoms with Crippen molar-refractivity contribution < 1.29 is 4.92 Å². The van der Waals surface area contributed by atoms with Gasteiger partial charge >= 0.3 is 5.69 Å². The lowest BCUT2D eigenvalue weighted by Gasteiger charge is -2.05. The smallest absolute Gasteiger partial charge is 0.307 e. The average Bonchev–Trinajstić information content (AvgIpc) is 3.19. The quantitative estimate of drug-likeness (QED) is 0.436. The third-order valence-electron chi connectivity index (χ3n) is 3.16. The average molecular weight is 363 g/mol. The lowest BCUT2D eigenvalue weighted by atomic mass is 10.2. The molecule has 0 aliphatic carbocycles. The molecule has 2 heterocycles. The van der Waals surface area contributed by atoms with Crippen LogP contribution in [0.4, 0.5) is 11.4 Å². The van der Waals surface area contributed by atoms with E-state index in [9.17, 15) is 10.1 Å².